The third-order valence-corrected chi connectivity index (χ3v) is 3.63. The number of amides is 1. The van der Waals surface area contributed by atoms with Crippen LogP contribution in [0.5, 0.6) is 5.75 Å². The molecule has 1 aliphatic rings. The zero-order valence-corrected chi connectivity index (χ0v) is 15.7. The van der Waals surface area contributed by atoms with E-state index in [9.17, 15) is 4.79 Å². The molecule has 1 fully saturated rings. The van der Waals surface area contributed by atoms with Gasteiger partial charge in [-0.25, -0.2) is 4.79 Å². The van der Waals surface area contributed by atoms with Gasteiger partial charge in [0.15, 0.2) is 5.84 Å². The highest BCUT2D eigenvalue weighted by atomic mass is 16.6. The molecule has 1 aliphatic heterocycles. The molecule has 1 saturated heterocycles. The lowest BCUT2D eigenvalue weighted by Gasteiger charge is -2.24. The molecule has 2 rings (SSSR count). The van der Waals surface area contributed by atoms with Crippen LogP contribution < -0.4 is 15.9 Å². The van der Waals surface area contributed by atoms with Crippen molar-refractivity contribution in [3.05, 3.63) is 24.3 Å². The Kier molecular flexibility index (Phi) is 6.23. The molecule has 1 atom stereocenters. The Hall–Kier alpha value is -3.28. The molecule has 1 aromatic rings. The van der Waals surface area contributed by atoms with Crippen LogP contribution in [0.3, 0.4) is 0 Å². The number of ether oxygens (including phenoxy) is 2. The van der Waals surface area contributed by atoms with Gasteiger partial charge in [0.05, 0.1) is 12.2 Å². The van der Waals surface area contributed by atoms with Gasteiger partial charge in [0.2, 0.25) is 5.71 Å². The topological polar surface area (TPSA) is 137 Å². The second-order valence-electron chi connectivity index (χ2n) is 7.05. The highest BCUT2D eigenvalue weighted by molar-refractivity contribution is 6.45. The van der Waals surface area contributed by atoms with Crippen molar-refractivity contribution in [3.63, 3.8) is 0 Å². The molecule has 0 spiro atoms. The number of carbonyl (C=O) groups is 1. The monoisotopic (exact) mass is 372 g/mol. The summed E-state index contributed by atoms with van der Waals surface area (Å²) in [7, 11) is 0. The van der Waals surface area contributed by atoms with E-state index in [1.54, 1.807) is 35.2 Å². The van der Waals surface area contributed by atoms with E-state index in [-0.39, 0.29) is 17.9 Å². The number of nitrogens with one attached hydrogen (secondary N) is 2. The number of amidine groups is 1. The summed E-state index contributed by atoms with van der Waals surface area (Å²) in [5.74, 6) is 0.102. The normalized spacial score (nSPS) is 17.2. The minimum Gasteiger partial charge on any atom is -0.486 e. The van der Waals surface area contributed by atoms with Crippen LogP contribution in [0.4, 0.5) is 10.5 Å². The molecule has 1 amide bonds. The van der Waals surface area contributed by atoms with Gasteiger partial charge < -0.3 is 20.1 Å². The lowest BCUT2D eigenvalue weighted by atomic mass is 10.2. The second-order valence-corrected chi connectivity index (χ2v) is 7.05. The van der Waals surface area contributed by atoms with E-state index in [4.69, 9.17) is 25.9 Å². The third-order valence-electron chi connectivity index (χ3n) is 3.63. The van der Waals surface area contributed by atoms with Crippen molar-refractivity contribution in [1.82, 2.24) is 4.90 Å². The van der Waals surface area contributed by atoms with E-state index >= 15 is 0 Å². The number of hydrogen-bond acceptors (Lipinski definition) is 7. The van der Waals surface area contributed by atoms with Gasteiger partial charge in [-0.1, -0.05) is 12.1 Å². The van der Waals surface area contributed by atoms with Gasteiger partial charge in [-0.3, -0.25) is 10.8 Å². The Balaban J connectivity index is 2.02. The van der Waals surface area contributed by atoms with Crippen LogP contribution in [0.15, 0.2) is 29.4 Å². The van der Waals surface area contributed by atoms with Gasteiger partial charge in [0.1, 0.15) is 23.5 Å². The number of hydrazone groups is 1. The molecule has 0 saturated carbocycles. The minimum atomic E-state index is -0.542. The number of nitrogens with two attached hydrogens (primary N) is 1. The number of carbonyl (C=O) groups excluding carboxylic acids is 1. The number of likely N-dealkylation sites (tertiary alicyclic amines) is 1. The first-order valence-electron chi connectivity index (χ1n) is 8.51. The van der Waals surface area contributed by atoms with E-state index in [1.807, 2.05) is 20.8 Å². The van der Waals surface area contributed by atoms with E-state index in [1.165, 1.54) is 0 Å². The predicted molar refractivity (Wildman–Crippen MR) is 102 cm³/mol. The molecule has 0 bridgehead atoms. The SMILES string of the molecule is CC(C)(C)OC(=O)N1CCC(Oc2ccccc2N/N=C(\C#N)C(=N)N)C1. The third kappa shape index (κ3) is 5.88. The Bertz CT molecular complexity index is 778. The number of nitrogens with zero attached hydrogens (tertiary/aromatic N) is 3. The first-order valence-corrected chi connectivity index (χ1v) is 8.51. The molecule has 27 heavy (non-hydrogen) atoms. The summed E-state index contributed by atoms with van der Waals surface area (Å²) in [5, 5.41) is 20.0. The van der Waals surface area contributed by atoms with Crippen LogP contribution in [0, 0.1) is 16.7 Å². The highest BCUT2D eigenvalue weighted by Gasteiger charge is 2.31. The highest BCUT2D eigenvalue weighted by Crippen LogP contribution is 2.27. The summed E-state index contributed by atoms with van der Waals surface area (Å²) in [4.78, 5) is 13.8. The fourth-order valence-electron chi connectivity index (χ4n) is 2.42. The average Bonchev–Trinajstić information content (AvgIpc) is 3.04. The molecule has 0 aromatic heterocycles. The van der Waals surface area contributed by atoms with Gasteiger partial charge in [-0.05, 0) is 32.9 Å². The van der Waals surface area contributed by atoms with Crippen molar-refractivity contribution in [2.75, 3.05) is 18.5 Å². The lowest BCUT2D eigenvalue weighted by molar-refractivity contribution is 0.0276. The van der Waals surface area contributed by atoms with E-state index in [0.29, 0.717) is 30.9 Å². The molecular weight excluding hydrogens is 348 g/mol. The van der Waals surface area contributed by atoms with Crippen molar-refractivity contribution < 1.29 is 14.3 Å². The Labute approximate surface area is 158 Å². The van der Waals surface area contributed by atoms with Crippen LogP contribution in [0.1, 0.15) is 27.2 Å². The number of benzene rings is 1. The molecular formula is C18H24N6O3. The maximum absolute atomic E-state index is 12.2. The van der Waals surface area contributed by atoms with Crippen molar-refractivity contribution >= 4 is 23.3 Å². The fraction of sp³-hybridized carbons (Fsp3) is 0.444. The Morgan fingerprint density at radius 1 is 1.44 bits per heavy atom. The predicted octanol–water partition coefficient (Wildman–Crippen LogP) is 2.30. The first-order chi connectivity index (χ1) is 12.7. The molecule has 9 nitrogen and oxygen atoms in total. The Morgan fingerprint density at radius 3 is 2.78 bits per heavy atom. The van der Waals surface area contributed by atoms with Crippen molar-refractivity contribution in [1.29, 1.82) is 10.7 Å². The molecule has 4 N–H and O–H groups in total. The van der Waals surface area contributed by atoms with Crippen LogP contribution in [0.25, 0.3) is 0 Å². The van der Waals surface area contributed by atoms with Crippen molar-refractivity contribution in [2.24, 2.45) is 10.8 Å². The molecule has 0 radical (unpaired) electrons. The maximum atomic E-state index is 12.2. The van der Waals surface area contributed by atoms with Gasteiger partial charge in [0.25, 0.3) is 0 Å². The molecule has 1 unspecified atom stereocenters. The average molecular weight is 372 g/mol. The standard InChI is InChI=1S/C18H24N6O3/c1-18(2,3)27-17(25)24-9-8-12(11-24)26-15-7-5-4-6-13(15)22-23-14(10-19)16(20)21/h4-7,12,22H,8-9,11H2,1-3H3,(H3,20,21)/b23-14+. The number of nitriles is 1. The number of rotatable bonds is 5. The second kappa shape index (κ2) is 8.40. The zero-order valence-electron chi connectivity index (χ0n) is 15.7. The smallest absolute Gasteiger partial charge is 0.410 e. The van der Waals surface area contributed by atoms with Crippen molar-refractivity contribution in [2.45, 2.75) is 38.9 Å². The molecule has 144 valence electrons. The summed E-state index contributed by atoms with van der Waals surface area (Å²) < 4.78 is 11.4. The van der Waals surface area contributed by atoms with Crippen molar-refractivity contribution in [3.8, 4) is 11.8 Å². The first kappa shape index (κ1) is 20.0. The number of hydrogen-bond donors (Lipinski definition) is 3. The maximum Gasteiger partial charge on any atom is 0.410 e. The van der Waals surface area contributed by atoms with E-state index in [0.717, 1.165) is 0 Å². The molecule has 1 aromatic carbocycles. The van der Waals surface area contributed by atoms with Crippen LogP contribution in [-0.2, 0) is 4.74 Å². The Morgan fingerprint density at radius 2 is 2.15 bits per heavy atom. The summed E-state index contributed by atoms with van der Waals surface area (Å²) in [5.41, 5.74) is 7.74. The number of anilines is 1. The quantitative estimate of drug-likeness (QED) is 0.412. The van der Waals surface area contributed by atoms with Gasteiger partial charge >= 0.3 is 6.09 Å². The summed E-state index contributed by atoms with van der Waals surface area (Å²) in [6, 6.07) is 8.82. The summed E-state index contributed by atoms with van der Waals surface area (Å²) in [6.45, 7) is 6.45. The van der Waals surface area contributed by atoms with Crippen LogP contribution >= 0.6 is 0 Å². The van der Waals surface area contributed by atoms with Crippen LogP contribution in [-0.4, -0.2) is 47.3 Å². The number of para-hydroxylation sites is 2. The molecule has 0 aliphatic carbocycles. The fourth-order valence-corrected chi connectivity index (χ4v) is 2.42. The van der Waals surface area contributed by atoms with E-state index < -0.39 is 11.4 Å². The minimum absolute atomic E-state index is 0.187. The summed E-state index contributed by atoms with van der Waals surface area (Å²) >= 11 is 0. The zero-order chi connectivity index (χ0) is 20.0. The largest absolute Gasteiger partial charge is 0.486 e. The summed E-state index contributed by atoms with van der Waals surface area (Å²) in [6.07, 6.45) is 0.130. The van der Waals surface area contributed by atoms with Crippen LogP contribution in [0.2, 0.25) is 0 Å². The lowest BCUT2D eigenvalue weighted by Crippen LogP contribution is -2.36. The van der Waals surface area contributed by atoms with Gasteiger partial charge in [0, 0.05) is 13.0 Å². The van der Waals surface area contributed by atoms with Gasteiger partial charge in [-0.15, -0.1) is 0 Å². The molecule has 9 heteroatoms. The van der Waals surface area contributed by atoms with E-state index in [2.05, 4.69) is 10.5 Å². The van der Waals surface area contributed by atoms with Gasteiger partial charge in [-0.2, -0.15) is 10.4 Å². The molecule has 1 heterocycles.